The molecule has 0 saturated heterocycles. The molecule has 1 unspecified atom stereocenters. The van der Waals surface area contributed by atoms with Crippen molar-refractivity contribution in [3.63, 3.8) is 0 Å². The number of nitrogens with one attached hydrogen (secondary N) is 1. The van der Waals surface area contributed by atoms with E-state index in [1.807, 2.05) is 0 Å². The highest BCUT2D eigenvalue weighted by Gasteiger charge is 2.22. The molecule has 96 valence electrons. The van der Waals surface area contributed by atoms with Gasteiger partial charge >= 0.3 is 0 Å². The Morgan fingerprint density at radius 1 is 1.19 bits per heavy atom. The van der Waals surface area contributed by atoms with Crippen molar-refractivity contribution in [1.29, 1.82) is 0 Å². The summed E-state index contributed by atoms with van der Waals surface area (Å²) in [6, 6.07) is 1.20. The zero-order valence-corrected chi connectivity index (χ0v) is 11.2. The van der Waals surface area contributed by atoms with Crippen LogP contribution in [-0.4, -0.2) is 47.8 Å². The maximum absolute atomic E-state index is 9.95. The molecule has 0 aromatic heterocycles. The minimum Gasteiger partial charge on any atom is -0.390 e. The van der Waals surface area contributed by atoms with Gasteiger partial charge in [0.05, 0.1) is 6.10 Å². The zero-order valence-electron chi connectivity index (χ0n) is 11.2. The third-order valence-electron chi connectivity index (χ3n) is 2.99. The first-order chi connectivity index (χ1) is 7.49. The van der Waals surface area contributed by atoms with Gasteiger partial charge in [0.25, 0.3) is 0 Å². The maximum Gasteiger partial charge on any atom is 0.0791 e. The van der Waals surface area contributed by atoms with E-state index < -0.39 is 0 Å². The van der Waals surface area contributed by atoms with Crippen LogP contribution < -0.4 is 5.32 Å². The summed E-state index contributed by atoms with van der Waals surface area (Å²) in [5.41, 5.74) is 0. The monoisotopic (exact) mass is 228 g/mol. The second-order valence-corrected chi connectivity index (χ2v) is 5.78. The predicted octanol–water partition coefficient (Wildman–Crippen LogP) is 1.47. The van der Waals surface area contributed by atoms with Crippen LogP contribution in [0.15, 0.2) is 0 Å². The molecule has 1 saturated carbocycles. The molecule has 1 aliphatic carbocycles. The smallest absolute Gasteiger partial charge is 0.0791 e. The highest BCUT2D eigenvalue weighted by Crippen LogP contribution is 2.18. The lowest BCUT2D eigenvalue weighted by Crippen LogP contribution is -2.43. The Morgan fingerprint density at radius 3 is 2.25 bits per heavy atom. The lowest BCUT2D eigenvalue weighted by molar-refractivity contribution is 0.0869. The van der Waals surface area contributed by atoms with Crippen LogP contribution in [0.1, 0.15) is 40.5 Å². The number of aliphatic hydroxyl groups is 1. The van der Waals surface area contributed by atoms with Crippen molar-refractivity contribution in [2.24, 2.45) is 5.92 Å². The van der Waals surface area contributed by atoms with Gasteiger partial charge in [-0.1, -0.05) is 13.8 Å². The van der Waals surface area contributed by atoms with E-state index in [1.54, 1.807) is 0 Å². The standard InChI is InChI=1S/C13H28N2O/c1-10(2)8-15(11(3)4)9-13(16)7-14-12-5-6-12/h10-14,16H,5-9H2,1-4H3. The normalized spacial score (nSPS) is 18.8. The molecule has 3 heteroatoms. The summed E-state index contributed by atoms with van der Waals surface area (Å²) in [4.78, 5) is 2.36. The quantitative estimate of drug-likeness (QED) is 0.660. The molecule has 0 amide bonds. The van der Waals surface area contributed by atoms with Crippen LogP contribution in [0.2, 0.25) is 0 Å². The van der Waals surface area contributed by atoms with Crippen molar-refractivity contribution >= 4 is 0 Å². The summed E-state index contributed by atoms with van der Waals surface area (Å²) in [7, 11) is 0. The van der Waals surface area contributed by atoms with Gasteiger partial charge in [0, 0.05) is 31.7 Å². The van der Waals surface area contributed by atoms with E-state index in [-0.39, 0.29) is 6.10 Å². The Morgan fingerprint density at radius 2 is 1.81 bits per heavy atom. The van der Waals surface area contributed by atoms with Crippen molar-refractivity contribution in [3.8, 4) is 0 Å². The lowest BCUT2D eigenvalue weighted by Gasteiger charge is -2.30. The fraction of sp³-hybridized carbons (Fsp3) is 1.00. The second kappa shape index (κ2) is 6.58. The molecule has 0 heterocycles. The summed E-state index contributed by atoms with van der Waals surface area (Å²) >= 11 is 0. The minimum absolute atomic E-state index is 0.234. The van der Waals surface area contributed by atoms with E-state index in [2.05, 4.69) is 37.9 Å². The molecule has 0 bridgehead atoms. The number of aliphatic hydroxyl groups excluding tert-OH is 1. The Bertz CT molecular complexity index is 190. The van der Waals surface area contributed by atoms with Crippen molar-refractivity contribution in [2.45, 2.75) is 58.7 Å². The van der Waals surface area contributed by atoms with E-state index >= 15 is 0 Å². The Balaban J connectivity index is 2.22. The average molecular weight is 228 g/mol. The number of nitrogens with zero attached hydrogens (tertiary/aromatic N) is 1. The van der Waals surface area contributed by atoms with Gasteiger partial charge in [-0.3, -0.25) is 4.90 Å². The lowest BCUT2D eigenvalue weighted by atomic mass is 10.1. The number of hydrogen-bond acceptors (Lipinski definition) is 3. The molecule has 1 atom stereocenters. The first kappa shape index (κ1) is 13.9. The molecule has 1 fully saturated rings. The van der Waals surface area contributed by atoms with Gasteiger partial charge in [-0.15, -0.1) is 0 Å². The fourth-order valence-corrected chi connectivity index (χ4v) is 1.89. The Labute approximate surface area is 100 Å². The van der Waals surface area contributed by atoms with Crippen LogP contribution in [0, 0.1) is 5.92 Å². The van der Waals surface area contributed by atoms with Crippen LogP contribution in [0.5, 0.6) is 0 Å². The molecule has 0 radical (unpaired) electrons. The van der Waals surface area contributed by atoms with Crippen molar-refractivity contribution in [1.82, 2.24) is 10.2 Å². The zero-order chi connectivity index (χ0) is 12.1. The van der Waals surface area contributed by atoms with Crippen LogP contribution >= 0.6 is 0 Å². The van der Waals surface area contributed by atoms with Gasteiger partial charge < -0.3 is 10.4 Å². The van der Waals surface area contributed by atoms with E-state index in [9.17, 15) is 5.11 Å². The van der Waals surface area contributed by atoms with Crippen LogP contribution in [0.25, 0.3) is 0 Å². The van der Waals surface area contributed by atoms with Gasteiger partial charge in [0.15, 0.2) is 0 Å². The molecular weight excluding hydrogens is 200 g/mol. The summed E-state index contributed by atoms with van der Waals surface area (Å²) < 4.78 is 0. The molecule has 0 aliphatic heterocycles. The maximum atomic E-state index is 9.95. The summed E-state index contributed by atoms with van der Waals surface area (Å²) in [5, 5.41) is 13.3. The van der Waals surface area contributed by atoms with Crippen LogP contribution in [-0.2, 0) is 0 Å². The van der Waals surface area contributed by atoms with E-state index in [0.29, 0.717) is 18.0 Å². The average Bonchev–Trinajstić information content (AvgIpc) is 2.96. The van der Waals surface area contributed by atoms with Gasteiger partial charge in [-0.25, -0.2) is 0 Å². The van der Waals surface area contributed by atoms with Crippen LogP contribution in [0.3, 0.4) is 0 Å². The second-order valence-electron chi connectivity index (χ2n) is 5.78. The molecule has 0 aromatic carbocycles. The van der Waals surface area contributed by atoms with Crippen LogP contribution in [0.4, 0.5) is 0 Å². The molecular formula is C13H28N2O. The third-order valence-corrected chi connectivity index (χ3v) is 2.99. The van der Waals surface area contributed by atoms with Crippen molar-refractivity contribution in [2.75, 3.05) is 19.6 Å². The molecule has 0 spiro atoms. The highest BCUT2D eigenvalue weighted by atomic mass is 16.3. The topological polar surface area (TPSA) is 35.5 Å². The first-order valence-electron chi connectivity index (χ1n) is 6.64. The van der Waals surface area contributed by atoms with Gasteiger partial charge in [-0.2, -0.15) is 0 Å². The van der Waals surface area contributed by atoms with Crippen molar-refractivity contribution < 1.29 is 5.11 Å². The van der Waals surface area contributed by atoms with Gasteiger partial charge in [0.2, 0.25) is 0 Å². The molecule has 16 heavy (non-hydrogen) atoms. The third kappa shape index (κ3) is 5.83. The Kier molecular flexibility index (Phi) is 5.73. The number of hydrogen-bond donors (Lipinski definition) is 2. The first-order valence-corrected chi connectivity index (χ1v) is 6.64. The van der Waals surface area contributed by atoms with Crippen molar-refractivity contribution in [3.05, 3.63) is 0 Å². The highest BCUT2D eigenvalue weighted by molar-refractivity contribution is 4.82. The van der Waals surface area contributed by atoms with E-state index in [1.165, 1.54) is 12.8 Å². The molecule has 3 nitrogen and oxygen atoms in total. The molecule has 0 aromatic rings. The predicted molar refractivity (Wildman–Crippen MR) is 68.6 cm³/mol. The SMILES string of the molecule is CC(C)CN(CC(O)CNC1CC1)C(C)C. The van der Waals surface area contributed by atoms with E-state index in [4.69, 9.17) is 0 Å². The summed E-state index contributed by atoms with van der Waals surface area (Å²) in [5.74, 6) is 0.658. The fourth-order valence-electron chi connectivity index (χ4n) is 1.89. The summed E-state index contributed by atoms with van der Waals surface area (Å²) in [6.07, 6.45) is 2.33. The molecule has 1 rings (SSSR count). The van der Waals surface area contributed by atoms with Gasteiger partial charge in [0.1, 0.15) is 0 Å². The molecule has 2 N–H and O–H groups in total. The Hall–Kier alpha value is -0.120. The van der Waals surface area contributed by atoms with Gasteiger partial charge in [-0.05, 0) is 32.6 Å². The molecule has 1 aliphatic rings. The number of rotatable bonds is 8. The van der Waals surface area contributed by atoms with E-state index in [0.717, 1.165) is 19.6 Å². The summed E-state index contributed by atoms with van der Waals surface area (Å²) in [6.45, 7) is 11.4. The minimum atomic E-state index is -0.234. The largest absolute Gasteiger partial charge is 0.390 e.